The number of rotatable bonds is 1. The SMILES string of the molecule is CCC1=c2c(c3cccnc3c3c4ncccc4c4cccnc4c23)=CC=CC1. The molecular formula is C26H19N3. The van der Waals surface area contributed by atoms with Crippen molar-refractivity contribution in [2.45, 2.75) is 19.8 Å². The van der Waals surface area contributed by atoms with Gasteiger partial charge >= 0.3 is 0 Å². The van der Waals surface area contributed by atoms with Gasteiger partial charge in [0.2, 0.25) is 0 Å². The van der Waals surface area contributed by atoms with Crippen LogP contribution in [0.3, 0.4) is 0 Å². The Morgan fingerprint density at radius 2 is 1.34 bits per heavy atom. The van der Waals surface area contributed by atoms with Crippen molar-refractivity contribution < 1.29 is 0 Å². The minimum absolute atomic E-state index is 0.954. The summed E-state index contributed by atoms with van der Waals surface area (Å²) in [5.74, 6) is 0. The maximum absolute atomic E-state index is 4.87. The van der Waals surface area contributed by atoms with E-state index in [1.54, 1.807) is 0 Å². The van der Waals surface area contributed by atoms with Gasteiger partial charge in [0.25, 0.3) is 0 Å². The highest BCUT2D eigenvalue weighted by Crippen LogP contribution is 2.34. The summed E-state index contributed by atoms with van der Waals surface area (Å²) >= 11 is 0. The van der Waals surface area contributed by atoms with Crippen LogP contribution in [0.25, 0.3) is 55.1 Å². The van der Waals surface area contributed by atoms with E-state index in [9.17, 15) is 0 Å². The summed E-state index contributed by atoms with van der Waals surface area (Å²) in [6, 6.07) is 12.5. The van der Waals surface area contributed by atoms with Crippen LogP contribution in [0.15, 0.2) is 67.1 Å². The standard InChI is InChI=1S/C26H19N3/c1-2-16-8-3-4-9-17-18-10-5-14-28-25(18)23-22(21(16)17)24-19(11-6-13-27-24)20-12-7-15-29-26(20)23/h3-7,9-15H,2,8H2,1H3. The number of benzene rings is 2. The molecule has 29 heavy (non-hydrogen) atoms. The molecule has 5 aromatic rings. The summed E-state index contributed by atoms with van der Waals surface area (Å²) in [7, 11) is 0. The topological polar surface area (TPSA) is 38.7 Å². The molecule has 0 aliphatic heterocycles. The molecule has 1 aliphatic rings. The third-order valence-electron chi connectivity index (χ3n) is 6.03. The van der Waals surface area contributed by atoms with Gasteiger partial charge in [-0.1, -0.05) is 48.9 Å². The van der Waals surface area contributed by atoms with Crippen molar-refractivity contribution in [2.75, 3.05) is 0 Å². The third kappa shape index (κ3) is 2.21. The van der Waals surface area contributed by atoms with Gasteiger partial charge in [-0.15, -0.1) is 0 Å². The predicted octanol–water partition coefficient (Wildman–Crippen LogP) is 4.79. The van der Waals surface area contributed by atoms with Crippen LogP contribution in [-0.4, -0.2) is 15.0 Å². The zero-order valence-electron chi connectivity index (χ0n) is 16.2. The first-order valence-corrected chi connectivity index (χ1v) is 10.1. The molecule has 1 aliphatic carbocycles. The van der Waals surface area contributed by atoms with Gasteiger partial charge in [-0.05, 0) is 41.5 Å². The predicted molar refractivity (Wildman–Crippen MR) is 121 cm³/mol. The van der Waals surface area contributed by atoms with Crippen molar-refractivity contribution in [3.8, 4) is 0 Å². The Morgan fingerprint density at radius 3 is 2.00 bits per heavy atom. The number of hydrogen-bond donors (Lipinski definition) is 0. The Balaban J connectivity index is 2.14. The van der Waals surface area contributed by atoms with Crippen molar-refractivity contribution in [1.82, 2.24) is 15.0 Å². The van der Waals surface area contributed by atoms with Crippen molar-refractivity contribution in [2.24, 2.45) is 0 Å². The summed E-state index contributed by atoms with van der Waals surface area (Å²) in [5.41, 5.74) is 4.47. The fourth-order valence-corrected chi connectivity index (χ4v) is 4.78. The van der Waals surface area contributed by atoms with Crippen LogP contribution in [0, 0.1) is 0 Å². The first-order chi connectivity index (χ1) is 14.4. The van der Waals surface area contributed by atoms with E-state index in [0.29, 0.717) is 0 Å². The monoisotopic (exact) mass is 373 g/mol. The molecule has 138 valence electrons. The summed E-state index contributed by atoms with van der Waals surface area (Å²) in [6.45, 7) is 2.24. The largest absolute Gasteiger partial charge is 0.256 e. The molecule has 3 heterocycles. The van der Waals surface area contributed by atoms with E-state index in [0.717, 1.165) is 45.6 Å². The average molecular weight is 373 g/mol. The lowest BCUT2D eigenvalue weighted by molar-refractivity contribution is 1.15. The summed E-state index contributed by atoms with van der Waals surface area (Å²) in [4.78, 5) is 14.5. The Bertz CT molecular complexity index is 1610. The number of nitrogens with zero attached hydrogens (tertiary/aromatic N) is 3. The van der Waals surface area contributed by atoms with Crippen molar-refractivity contribution in [1.29, 1.82) is 0 Å². The second kappa shape index (κ2) is 6.21. The zero-order chi connectivity index (χ0) is 19.4. The summed E-state index contributed by atoms with van der Waals surface area (Å²) in [6.07, 6.45) is 14.3. The molecule has 0 radical (unpaired) electrons. The number of pyridine rings is 3. The van der Waals surface area contributed by atoms with Crippen LogP contribution in [0.4, 0.5) is 0 Å². The molecular weight excluding hydrogens is 354 g/mol. The second-order valence-corrected chi connectivity index (χ2v) is 7.49. The van der Waals surface area contributed by atoms with Crippen LogP contribution in [-0.2, 0) is 0 Å². The van der Waals surface area contributed by atoms with Gasteiger partial charge in [-0.3, -0.25) is 15.0 Å². The zero-order valence-corrected chi connectivity index (χ0v) is 16.2. The highest BCUT2D eigenvalue weighted by molar-refractivity contribution is 6.29. The van der Waals surface area contributed by atoms with Gasteiger partial charge in [0, 0.05) is 45.5 Å². The van der Waals surface area contributed by atoms with Crippen LogP contribution >= 0.6 is 0 Å². The number of allylic oxidation sites excluding steroid dienone is 2. The lowest BCUT2D eigenvalue weighted by Crippen LogP contribution is -2.29. The second-order valence-electron chi connectivity index (χ2n) is 7.49. The van der Waals surface area contributed by atoms with E-state index in [4.69, 9.17) is 15.0 Å². The van der Waals surface area contributed by atoms with Crippen molar-refractivity contribution in [3.63, 3.8) is 0 Å². The maximum Gasteiger partial charge on any atom is 0.0810 e. The van der Waals surface area contributed by atoms with E-state index >= 15 is 0 Å². The molecule has 0 saturated carbocycles. The van der Waals surface area contributed by atoms with Crippen LogP contribution < -0.4 is 10.4 Å². The van der Waals surface area contributed by atoms with Gasteiger partial charge in [-0.25, -0.2) is 0 Å². The van der Waals surface area contributed by atoms with Crippen molar-refractivity contribution >= 4 is 55.1 Å². The minimum atomic E-state index is 0.954. The molecule has 0 saturated heterocycles. The molecule has 6 rings (SSSR count). The number of aromatic nitrogens is 3. The molecule has 0 N–H and O–H groups in total. The minimum Gasteiger partial charge on any atom is -0.256 e. The van der Waals surface area contributed by atoms with Crippen LogP contribution in [0.5, 0.6) is 0 Å². The van der Waals surface area contributed by atoms with E-state index in [1.807, 2.05) is 36.8 Å². The Morgan fingerprint density at radius 1 is 0.759 bits per heavy atom. The van der Waals surface area contributed by atoms with E-state index < -0.39 is 0 Å². The third-order valence-corrected chi connectivity index (χ3v) is 6.03. The molecule has 0 bridgehead atoms. The first-order valence-electron chi connectivity index (χ1n) is 10.1. The van der Waals surface area contributed by atoms with Gasteiger partial charge < -0.3 is 0 Å². The first kappa shape index (κ1) is 16.4. The molecule has 0 amide bonds. The Kier molecular flexibility index (Phi) is 3.51. The molecule has 0 atom stereocenters. The van der Waals surface area contributed by atoms with Gasteiger partial charge in [0.1, 0.15) is 0 Å². The van der Waals surface area contributed by atoms with E-state index in [-0.39, 0.29) is 0 Å². The molecule has 3 heteroatoms. The smallest absolute Gasteiger partial charge is 0.0810 e. The van der Waals surface area contributed by atoms with Gasteiger partial charge in [0.05, 0.1) is 16.6 Å². The lowest BCUT2D eigenvalue weighted by Gasteiger charge is -2.14. The fraction of sp³-hybridized carbons (Fsp3) is 0.115. The van der Waals surface area contributed by atoms with E-state index in [1.165, 1.54) is 26.8 Å². The summed E-state index contributed by atoms with van der Waals surface area (Å²) in [5, 5.41) is 8.30. The molecule has 3 aromatic heterocycles. The molecule has 0 spiro atoms. The Labute approximate surface area is 167 Å². The number of hydrogen-bond acceptors (Lipinski definition) is 3. The maximum atomic E-state index is 4.87. The molecule has 0 fully saturated rings. The Hall–Kier alpha value is -3.59. The number of fused-ring (bicyclic) bond motifs is 11. The van der Waals surface area contributed by atoms with Gasteiger partial charge in [0.15, 0.2) is 0 Å². The molecule has 0 unspecified atom stereocenters. The molecule has 2 aromatic carbocycles. The highest BCUT2D eigenvalue weighted by atomic mass is 14.7. The quantitative estimate of drug-likeness (QED) is 0.397. The van der Waals surface area contributed by atoms with E-state index in [2.05, 4.69) is 43.4 Å². The fourth-order valence-electron chi connectivity index (χ4n) is 4.78. The highest BCUT2D eigenvalue weighted by Gasteiger charge is 2.18. The van der Waals surface area contributed by atoms with Crippen molar-refractivity contribution in [3.05, 3.63) is 77.6 Å². The molecule has 3 nitrogen and oxygen atoms in total. The van der Waals surface area contributed by atoms with Crippen LogP contribution in [0.2, 0.25) is 0 Å². The normalized spacial score (nSPS) is 13.8. The van der Waals surface area contributed by atoms with Gasteiger partial charge in [-0.2, -0.15) is 0 Å². The lowest BCUT2D eigenvalue weighted by atomic mass is 9.92. The summed E-state index contributed by atoms with van der Waals surface area (Å²) < 4.78 is 0. The average Bonchev–Trinajstić information content (AvgIpc) is 3.01. The van der Waals surface area contributed by atoms with Crippen LogP contribution in [0.1, 0.15) is 19.8 Å².